The Bertz CT molecular complexity index is 382. The maximum Gasteiger partial charge on any atom is 0.302 e. The number of carbonyl (C=O) groups is 2. The van der Waals surface area contributed by atoms with Gasteiger partial charge in [0, 0.05) is 13.8 Å². The Kier molecular flexibility index (Phi) is 11.0. The predicted molar refractivity (Wildman–Crippen MR) is 86.4 cm³/mol. The molecule has 10 heteroatoms. The Morgan fingerprint density at radius 2 is 1.17 bits per heavy atom. The minimum atomic E-state index is -0.442. The summed E-state index contributed by atoms with van der Waals surface area (Å²) >= 11 is 0. The van der Waals surface area contributed by atoms with Crippen LogP contribution in [0.2, 0.25) is 0 Å². The summed E-state index contributed by atoms with van der Waals surface area (Å²) in [6.45, 7) is 6.56. The van der Waals surface area contributed by atoms with Gasteiger partial charge >= 0.3 is 11.9 Å². The van der Waals surface area contributed by atoms with Gasteiger partial charge in [-0.25, -0.2) is 0 Å². The third-order valence-electron chi connectivity index (χ3n) is 3.51. The first-order valence-corrected chi connectivity index (χ1v) is 7.86. The first-order chi connectivity index (χ1) is 11.4. The van der Waals surface area contributed by atoms with Gasteiger partial charge in [-0.2, -0.15) is 0 Å². The highest BCUT2D eigenvalue weighted by Gasteiger charge is 2.22. The van der Waals surface area contributed by atoms with E-state index in [1.807, 2.05) is 13.8 Å². The number of nitroso groups, excluding NO2 is 2. The molecule has 0 aliphatic carbocycles. The molecule has 0 fully saturated rings. The van der Waals surface area contributed by atoms with E-state index in [2.05, 4.69) is 10.6 Å². The topological polar surface area (TPSA) is 118 Å². The van der Waals surface area contributed by atoms with Crippen molar-refractivity contribution in [2.24, 2.45) is 10.6 Å². The summed E-state index contributed by atoms with van der Waals surface area (Å²) in [6, 6.07) is -0.762. The molecule has 0 heterocycles. The van der Waals surface area contributed by atoms with Crippen LogP contribution < -0.4 is 0 Å². The lowest BCUT2D eigenvalue weighted by atomic mass is 10.2. The van der Waals surface area contributed by atoms with E-state index in [1.165, 1.54) is 23.9 Å². The molecule has 0 rings (SSSR count). The second-order valence-electron chi connectivity index (χ2n) is 5.22. The number of carbonyl (C=O) groups excluding carboxylic acids is 2. The van der Waals surface area contributed by atoms with E-state index in [0.717, 1.165) is 0 Å². The van der Waals surface area contributed by atoms with E-state index in [9.17, 15) is 19.4 Å². The van der Waals surface area contributed by atoms with E-state index >= 15 is 0 Å². The zero-order chi connectivity index (χ0) is 18.5. The fourth-order valence-corrected chi connectivity index (χ4v) is 2.04. The molecule has 0 aromatic rings. The van der Waals surface area contributed by atoms with Gasteiger partial charge in [-0.1, -0.05) is 13.8 Å². The average molecular weight is 346 g/mol. The lowest BCUT2D eigenvalue weighted by Gasteiger charge is -2.29. The van der Waals surface area contributed by atoms with E-state index in [0.29, 0.717) is 12.8 Å². The van der Waals surface area contributed by atoms with Crippen LogP contribution in [0.5, 0.6) is 0 Å². The summed E-state index contributed by atoms with van der Waals surface area (Å²) in [7, 11) is 0. The van der Waals surface area contributed by atoms with Crippen molar-refractivity contribution < 1.29 is 19.1 Å². The molecule has 10 nitrogen and oxygen atoms in total. The minimum Gasteiger partial charge on any atom is -0.464 e. The second-order valence-corrected chi connectivity index (χ2v) is 5.22. The maximum absolute atomic E-state index is 11.0. The molecule has 24 heavy (non-hydrogen) atoms. The molecule has 2 unspecified atom stereocenters. The van der Waals surface area contributed by atoms with E-state index < -0.39 is 11.9 Å². The fourth-order valence-electron chi connectivity index (χ4n) is 2.04. The molecule has 0 aromatic heterocycles. The Morgan fingerprint density at radius 3 is 1.38 bits per heavy atom. The quantitative estimate of drug-likeness (QED) is 0.280. The summed E-state index contributed by atoms with van der Waals surface area (Å²) in [5.41, 5.74) is 0. The van der Waals surface area contributed by atoms with Gasteiger partial charge in [-0.3, -0.25) is 19.6 Å². The fraction of sp³-hybridized carbons (Fsp3) is 0.857. The van der Waals surface area contributed by atoms with Gasteiger partial charge in [0.05, 0.1) is 35.7 Å². The first kappa shape index (κ1) is 21.7. The standard InChI is InChI=1S/C14H26N4O6/c1-5-13(9-23-11(3)19)17(15-21)7-8-18(16-22)14(6-2)10-24-12(4)20/h13-14H,5-10H2,1-4H3. The zero-order valence-electron chi connectivity index (χ0n) is 14.6. The molecular formula is C14H26N4O6. The second kappa shape index (κ2) is 12.2. The van der Waals surface area contributed by atoms with Crippen LogP contribution in [0.15, 0.2) is 10.6 Å². The van der Waals surface area contributed by atoms with Gasteiger partial charge < -0.3 is 9.47 Å². The number of esters is 2. The van der Waals surface area contributed by atoms with Crippen molar-refractivity contribution >= 4 is 11.9 Å². The van der Waals surface area contributed by atoms with E-state index in [1.54, 1.807) is 0 Å². The van der Waals surface area contributed by atoms with Gasteiger partial charge in [-0.15, -0.1) is 9.81 Å². The molecule has 0 aliphatic heterocycles. The molecule has 0 saturated carbocycles. The Morgan fingerprint density at radius 1 is 0.833 bits per heavy atom. The maximum atomic E-state index is 11.0. The largest absolute Gasteiger partial charge is 0.464 e. The number of hydrogen-bond donors (Lipinski definition) is 0. The van der Waals surface area contributed by atoms with E-state index in [-0.39, 0.29) is 38.4 Å². The lowest BCUT2D eigenvalue weighted by Crippen LogP contribution is -2.42. The molecule has 0 amide bonds. The zero-order valence-corrected chi connectivity index (χ0v) is 14.6. The number of ether oxygens (including phenoxy) is 2. The van der Waals surface area contributed by atoms with Crippen LogP contribution in [0.25, 0.3) is 0 Å². The molecular weight excluding hydrogens is 320 g/mol. The predicted octanol–water partition coefficient (Wildman–Crippen LogP) is 1.64. The van der Waals surface area contributed by atoms with Crippen LogP contribution in [-0.2, 0) is 19.1 Å². The third kappa shape index (κ3) is 8.39. The molecule has 0 aromatic carbocycles. The van der Waals surface area contributed by atoms with Gasteiger partial charge in [0.15, 0.2) is 0 Å². The minimum absolute atomic E-state index is 0.0384. The molecule has 0 spiro atoms. The van der Waals surface area contributed by atoms with Crippen molar-refractivity contribution in [3.8, 4) is 0 Å². The monoisotopic (exact) mass is 346 g/mol. The van der Waals surface area contributed by atoms with Crippen LogP contribution in [0.3, 0.4) is 0 Å². The van der Waals surface area contributed by atoms with Crippen LogP contribution in [-0.4, -0.2) is 60.3 Å². The van der Waals surface area contributed by atoms with Crippen molar-refractivity contribution in [3.05, 3.63) is 9.81 Å². The Balaban J connectivity index is 4.67. The normalized spacial score (nSPS) is 12.7. The van der Waals surface area contributed by atoms with Crippen molar-refractivity contribution in [1.29, 1.82) is 0 Å². The van der Waals surface area contributed by atoms with Crippen LogP contribution in [0, 0.1) is 9.81 Å². The molecule has 0 bridgehead atoms. The first-order valence-electron chi connectivity index (χ1n) is 7.86. The molecule has 0 aliphatic rings. The molecule has 0 N–H and O–H groups in total. The number of nitrogens with zero attached hydrogens (tertiary/aromatic N) is 4. The summed E-state index contributed by atoms with van der Waals surface area (Å²) in [5, 5.41) is 8.32. The van der Waals surface area contributed by atoms with Gasteiger partial charge in [0.1, 0.15) is 13.2 Å². The van der Waals surface area contributed by atoms with Crippen molar-refractivity contribution in [2.45, 2.75) is 52.6 Å². The average Bonchev–Trinajstić information content (AvgIpc) is 2.55. The number of rotatable bonds is 13. The SMILES string of the molecule is CCC(COC(C)=O)N(CCN(N=O)C(CC)COC(C)=O)N=O. The van der Waals surface area contributed by atoms with Gasteiger partial charge in [0.25, 0.3) is 0 Å². The highest BCUT2D eigenvalue weighted by molar-refractivity contribution is 5.66. The summed E-state index contributed by atoms with van der Waals surface area (Å²) in [4.78, 5) is 43.9. The van der Waals surface area contributed by atoms with Gasteiger partial charge in [-0.05, 0) is 12.8 Å². The van der Waals surface area contributed by atoms with Crippen molar-refractivity contribution in [2.75, 3.05) is 26.3 Å². The Labute approximate surface area is 141 Å². The van der Waals surface area contributed by atoms with Gasteiger partial charge in [0.2, 0.25) is 0 Å². The smallest absolute Gasteiger partial charge is 0.302 e. The number of hydrogen-bond acceptors (Lipinski definition) is 8. The molecule has 138 valence electrons. The van der Waals surface area contributed by atoms with Crippen LogP contribution >= 0.6 is 0 Å². The highest BCUT2D eigenvalue weighted by atomic mass is 16.5. The Hall–Kier alpha value is -2.26. The summed E-state index contributed by atoms with van der Waals surface area (Å²) in [5.74, 6) is -0.883. The molecule has 0 saturated heterocycles. The van der Waals surface area contributed by atoms with Crippen molar-refractivity contribution in [3.63, 3.8) is 0 Å². The summed E-state index contributed by atoms with van der Waals surface area (Å²) in [6.07, 6.45) is 1.08. The molecule has 0 radical (unpaired) electrons. The van der Waals surface area contributed by atoms with Crippen LogP contribution in [0.1, 0.15) is 40.5 Å². The van der Waals surface area contributed by atoms with Crippen molar-refractivity contribution in [1.82, 2.24) is 10.0 Å². The lowest BCUT2D eigenvalue weighted by molar-refractivity contribution is -0.144. The third-order valence-corrected chi connectivity index (χ3v) is 3.51. The molecule has 2 atom stereocenters. The van der Waals surface area contributed by atoms with E-state index in [4.69, 9.17) is 9.47 Å². The van der Waals surface area contributed by atoms with Crippen LogP contribution in [0.4, 0.5) is 0 Å². The summed E-state index contributed by atoms with van der Waals surface area (Å²) < 4.78 is 9.82. The highest BCUT2D eigenvalue weighted by Crippen LogP contribution is 2.10.